The number of benzene rings is 2. The molecule has 5 heteroatoms. The standard InChI is InChI=1S/C26H32N2O3/c29-24-13-15-26(27-24,18-21-8-3-1-4-9-21)16-14-25(30)28-17-7-12-23(19-28)31-20-22-10-5-2-6-11-22/h1-6,8-11,23H,7,12-20H2,(H,27,29). The second-order valence-electron chi connectivity index (χ2n) is 8.89. The summed E-state index contributed by atoms with van der Waals surface area (Å²) in [7, 11) is 0. The van der Waals surface area contributed by atoms with Gasteiger partial charge in [0.15, 0.2) is 0 Å². The first-order valence-electron chi connectivity index (χ1n) is 11.4. The predicted octanol–water partition coefficient (Wildman–Crippen LogP) is 3.87. The average molecular weight is 421 g/mol. The Morgan fingerprint density at radius 1 is 1.06 bits per heavy atom. The van der Waals surface area contributed by atoms with Gasteiger partial charge in [-0.05, 0) is 43.2 Å². The number of nitrogens with zero attached hydrogens (tertiary/aromatic N) is 1. The van der Waals surface area contributed by atoms with Crippen molar-refractivity contribution in [2.24, 2.45) is 0 Å². The lowest BCUT2D eigenvalue weighted by molar-refractivity contribution is -0.136. The van der Waals surface area contributed by atoms with Gasteiger partial charge in [0.1, 0.15) is 0 Å². The summed E-state index contributed by atoms with van der Waals surface area (Å²) in [5, 5.41) is 3.19. The van der Waals surface area contributed by atoms with Crippen LogP contribution < -0.4 is 5.32 Å². The van der Waals surface area contributed by atoms with Gasteiger partial charge >= 0.3 is 0 Å². The summed E-state index contributed by atoms with van der Waals surface area (Å²) < 4.78 is 6.09. The van der Waals surface area contributed by atoms with Gasteiger partial charge in [-0.1, -0.05) is 60.7 Å². The molecule has 0 saturated carbocycles. The van der Waals surface area contributed by atoms with Crippen LogP contribution in [0.4, 0.5) is 0 Å². The third-order valence-corrected chi connectivity index (χ3v) is 6.50. The van der Waals surface area contributed by atoms with Crippen molar-refractivity contribution in [3.05, 3.63) is 71.8 Å². The molecule has 2 aromatic rings. The lowest BCUT2D eigenvalue weighted by atomic mass is 9.85. The summed E-state index contributed by atoms with van der Waals surface area (Å²) >= 11 is 0. The zero-order chi connectivity index (χ0) is 21.5. The number of ether oxygens (including phenoxy) is 1. The molecule has 2 saturated heterocycles. The first kappa shape index (κ1) is 21.6. The van der Waals surface area contributed by atoms with Crippen LogP contribution in [0.1, 0.15) is 49.7 Å². The van der Waals surface area contributed by atoms with Crippen molar-refractivity contribution in [2.75, 3.05) is 13.1 Å². The van der Waals surface area contributed by atoms with Crippen LogP contribution in [0.3, 0.4) is 0 Å². The molecule has 2 aliphatic rings. The maximum atomic E-state index is 13.0. The highest BCUT2D eigenvalue weighted by molar-refractivity contribution is 5.80. The zero-order valence-corrected chi connectivity index (χ0v) is 18.1. The highest BCUT2D eigenvalue weighted by Crippen LogP contribution is 2.30. The largest absolute Gasteiger partial charge is 0.372 e. The number of amides is 2. The molecule has 2 amide bonds. The van der Waals surface area contributed by atoms with E-state index < -0.39 is 0 Å². The molecule has 2 aliphatic heterocycles. The van der Waals surface area contributed by atoms with Crippen LogP contribution in [0, 0.1) is 0 Å². The van der Waals surface area contributed by atoms with Gasteiger partial charge in [-0.2, -0.15) is 0 Å². The lowest BCUT2D eigenvalue weighted by Gasteiger charge is -2.34. The number of rotatable bonds is 8. The Kier molecular flexibility index (Phi) is 7.03. The molecule has 0 aliphatic carbocycles. The van der Waals surface area contributed by atoms with Crippen molar-refractivity contribution in [1.82, 2.24) is 10.2 Å². The molecular formula is C26H32N2O3. The summed E-state index contributed by atoms with van der Waals surface area (Å²) in [6.07, 6.45) is 5.29. The fourth-order valence-corrected chi connectivity index (χ4v) is 4.76. The summed E-state index contributed by atoms with van der Waals surface area (Å²) in [4.78, 5) is 27.0. The van der Waals surface area contributed by atoms with E-state index in [1.807, 2.05) is 41.3 Å². The van der Waals surface area contributed by atoms with E-state index in [9.17, 15) is 9.59 Å². The van der Waals surface area contributed by atoms with E-state index in [1.54, 1.807) is 0 Å². The van der Waals surface area contributed by atoms with Gasteiger partial charge in [0.05, 0.1) is 12.7 Å². The van der Waals surface area contributed by atoms with Crippen LogP contribution >= 0.6 is 0 Å². The quantitative estimate of drug-likeness (QED) is 0.705. The van der Waals surface area contributed by atoms with Crippen molar-refractivity contribution in [3.63, 3.8) is 0 Å². The van der Waals surface area contributed by atoms with Gasteiger partial charge in [0.25, 0.3) is 0 Å². The summed E-state index contributed by atoms with van der Waals surface area (Å²) in [5.41, 5.74) is 2.04. The van der Waals surface area contributed by atoms with Crippen molar-refractivity contribution >= 4 is 11.8 Å². The number of likely N-dealkylation sites (tertiary alicyclic amines) is 1. The Hall–Kier alpha value is -2.66. The van der Waals surface area contributed by atoms with Crippen molar-refractivity contribution in [2.45, 2.75) is 63.2 Å². The molecule has 2 unspecified atom stereocenters. The molecule has 0 radical (unpaired) electrons. The first-order chi connectivity index (χ1) is 15.1. The molecule has 1 N–H and O–H groups in total. The van der Waals surface area contributed by atoms with Crippen molar-refractivity contribution in [3.8, 4) is 0 Å². The highest BCUT2D eigenvalue weighted by Gasteiger charge is 2.38. The van der Waals surface area contributed by atoms with Gasteiger partial charge in [-0.25, -0.2) is 0 Å². The molecule has 5 nitrogen and oxygen atoms in total. The molecular weight excluding hydrogens is 388 g/mol. The first-order valence-corrected chi connectivity index (χ1v) is 11.4. The lowest BCUT2D eigenvalue weighted by Crippen LogP contribution is -2.46. The van der Waals surface area contributed by atoms with E-state index >= 15 is 0 Å². The van der Waals surface area contributed by atoms with E-state index in [0.717, 1.165) is 37.8 Å². The third-order valence-electron chi connectivity index (χ3n) is 6.50. The average Bonchev–Trinajstić information content (AvgIpc) is 3.18. The topological polar surface area (TPSA) is 58.6 Å². The molecule has 164 valence electrons. The summed E-state index contributed by atoms with van der Waals surface area (Å²) in [5.74, 6) is 0.261. The zero-order valence-electron chi connectivity index (χ0n) is 18.1. The van der Waals surface area contributed by atoms with E-state index in [4.69, 9.17) is 4.74 Å². The van der Waals surface area contributed by atoms with E-state index in [-0.39, 0.29) is 23.5 Å². The predicted molar refractivity (Wildman–Crippen MR) is 120 cm³/mol. The Morgan fingerprint density at radius 3 is 2.45 bits per heavy atom. The van der Waals surface area contributed by atoms with Crippen LogP contribution in [-0.4, -0.2) is 41.4 Å². The molecule has 2 fully saturated rings. The molecule has 0 spiro atoms. The fourth-order valence-electron chi connectivity index (χ4n) is 4.76. The Balaban J connectivity index is 1.30. The number of carbonyl (C=O) groups is 2. The van der Waals surface area contributed by atoms with Crippen LogP contribution in [0.15, 0.2) is 60.7 Å². The number of hydrogen-bond donors (Lipinski definition) is 1. The monoisotopic (exact) mass is 420 g/mol. The molecule has 0 bridgehead atoms. The second kappa shape index (κ2) is 10.1. The minimum atomic E-state index is -0.312. The van der Waals surface area contributed by atoms with Gasteiger partial charge in [-0.3, -0.25) is 9.59 Å². The highest BCUT2D eigenvalue weighted by atomic mass is 16.5. The number of carbonyl (C=O) groups excluding carboxylic acids is 2. The molecule has 2 atom stereocenters. The van der Waals surface area contributed by atoms with Crippen molar-refractivity contribution < 1.29 is 14.3 Å². The number of nitrogens with one attached hydrogen (secondary N) is 1. The summed E-state index contributed by atoms with van der Waals surface area (Å²) in [6, 6.07) is 20.4. The second-order valence-corrected chi connectivity index (χ2v) is 8.89. The molecule has 2 aromatic carbocycles. The molecule has 4 rings (SSSR count). The van der Waals surface area contributed by atoms with Crippen LogP contribution in [0.25, 0.3) is 0 Å². The van der Waals surface area contributed by atoms with E-state index in [2.05, 4.69) is 29.6 Å². The minimum Gasteiger partial charge on any atom is -0.372 e. The third kappa shape index (κ3) is 5.95. The molecule has 2 heterocycles. The number of piperidine rings is 1. The Morgan fingerprint density at radius 2 is 1.77 bits per heavy atom. The van der Waals surface area contributed by atoms with Crippen molar-refractivity contribution in [1.29, 1.82) is 0 Å². The molecule has 0 aromatic heterocycles. The minimum absolute atomic E-state index is 0.0855. The Bertz CT molecular complexity index is 871. The molecule has 31 heavy (non-hydrogen) atoms. The van der Waals surface area contributed by atoms with Gasteiger partial charge in [0.2, 0.25) is 11.8 Å². The van der Waals surface area contributed by atoms with Crippen LogP contribution in [0.2, 0.25) is 0 Å². The maximum Gasteiger partial charge on any atom is 0.222 e. The van der Waals surface area contributed by atoms with Gasteiger partial charge in [-0.15, -0.1) is 0 Å². The number of hydrogen-bond acceptors (Lipinski definition) is 3. The van der Waals surface area contributed by atoms with E-state index in [1.165, 1.54) is 5.56 Å². The van der Waals surface area contributed by atoms with Gasteiger partial charge in [0, 0.05) is 31.5 Å². The maximum absolute atomic E-state index is 13.0. The fraction of sp³-hybridized carbons (Fsp3) is 0.462. The Labute approximate surface area is 184 Å². The SMILES string of the molecule is O=C1CCC(CCC(=O)N2CCCC(OCc3ccccc3)C2)(Cc2ccccc2)N1. The normalized spacial score (nSPS) is 23.5. The van der Waals surface area contributed by atoms with E-state index in [0.29, 0.717) is 32.4 Å². The summed E-state index contributed by atoms with van der Waals surface area (Å²) in [6.45, 7) is 2.03. The smallest absolute Gasteiger partial charge is 0.222 e. The van der Waals surface area contributed by atoms with Gasteiger partial charge < -0.3 is 15.0 Å². The van der Waals surface area contributed by atoms with Crippen LogP contribution in [0.5, 0.6) is 0 Å². The van der Waals surface area contributed by atoms with Crippen LogP contribution in [-0.2, 0) is 27.4 Å².